The Labute approximate surface area is 69.4 Å². The van der Waals surface area contributed by atoms with Gasteiger partial charge in [-0.3, -0.25) is 0 Å². The molecule has 1 heteroatoms. The van der Waals surface area contributed by atoms with Gasteiger partial charge in [0.2, 0.25) is 0 Å². The molecule has 1 aliphatic carbocycles. The van der Waals surface area contributed by atoms with Crippen molar-refractivity contribution in [2.75, 3.05) is 0 Å². The summed E-state index contributed by atoms with van der Waals surface area (Å²) in [6.45, 7) is 2.23. The van der Waals surface area contributed by atoms with Gasteiger partial charge in [0.05, 0.1) is 0 Å². The lowest BCUT2D eigenvalue weighted by atomic mass is 10.1. The lowest BCUT2D eigenvalue weighted by Crippen LogP contribution is -2.22. The molecule has 0 saturated heterocycles. The fourth-order valence-electron chi connectivity index (χ4n) is 1.73. The van der Waals surface area contributed by atoms with Gasteiger partial charge < -0.3 is 5.73 Å². The van der Waals surface area contributed by atoms with Gasteiger partial charge in [0.1, 0.15) is 0 Å². The Hall–Kier alpha value is -0.480. The van der Waals surface area contributed by atoms with Crippen LogP contribution < -0.4 is 5.73 Å². The van der Waals surface area contributed by atoms with Crippen LogP contribution in [0.2, 0.25) is 0 Å². The Kier molecular flexibility index (Phi) is 2.96. The van der Waals surface area contributed by atoms with E-state index < -0.39 is 0 Å². The van der Waals surface area contributed by atoms with E-state index in [9.17, 15) is 0 Å². The van der Waals surface area contributed by atoms with Crippen molar-refractivity contribution in [2.24, 2.45) is 17.6 Å². The van der Waals surface area contributed by atoms with Crippen LogP contribution >= 0.6 is 0 Å². The first kappa shape index (κ1) is 8.62. The highest BCUT2D eigenvalue weighted by Crippen LogP contribution is 2.43. The second kappa shape index (κ2) is 3.78. The van der Waals surface area contributed by atoms with Gasteiger partial charge in [0, 0.05) is 12.5 Å². The molecule has 0 aromatic rings. The quantitative estimate of drug-likeness (QED) is 0.609. The molecule has 62 valence electrons. The van der Waals surface area contributed by atoms with Crippen molar-refractivity contribution < 1.29 is 0 Å². The maximum atomic E-state index is 5.94. The first-order valence-corrected chi connectivity index (χ1v) is 4.48. The van der Waals surface area contributed by atoms with Crippen LogP contribution in [0.5, 0.6) is 0 Å². The van der Waals surface area contributed by atoms with Crippen molar-refractivity contribution in [3.63, 3.8) is 0 Å². The van der Waals surface area contributed by atoms with E-state index in [1.165, 1.54) is 12.8 Å². The summed E-state index contributed by atoms with van der Waals surface area (Å²) in [5, 5.41) is 0. The van der Waals surface area contributed by atoms with Gasteiger partial charge in [-0.05, 0) is 24.7 Å². The molecule has 0 bridgehead atoms. The molecular weight excluding hydrogens is 134 g/mol. The zero-order valence-electron chi connectivity index (χ0n) is 7.22. The standard InChI is InChI=1S/C10H17N/c1-3-5-6-10(11)9-7-8(9)4-2/h1,8-10H,4-7,11H2,2H3. The minimum atomic E-state index is 0.371. The minimum Gasteiger partial charge on any atom is -0.327 e. The third-order valence-electron chi connectivity index (χ3n) is 2.67. The zero-order chi connectivity index (χ0) is 8.27. The highest BCUT2D eigenvalue weighted by molar-refractivity contribution is 4.95. The Balaban J connectivity index is 2.13. The molecule has 2 N–H and O–H groups in total. The molecule has 3 unspecified atom stereocenters. The van der Waals surface area contributed by atoms with E-state index in [1.54, 1.807) is 0 Å². The van der Waals surface area contributed by atoms with Crippen LogP contribution in [0.15, 0.2) is 0 Å². The summed E-state index contributed by atoms with van der Waals surface area (Å²) in [5.74, 6) is 4.32. The highest BCUT2D eigenvalue weighted by atomic mass is 14.7. The maximum absolute atomic E-state index is 5.94. The molecule has 0 heterocycles. The monoisotopic (exact) mass is 151 g/mol. The highest BCUT2D eigenvalue weighted by Gasteiger charge is 2.39. The fraction of sp³-hybridized carbons (Fsp3) is 0.800. The molecule has 1 rings (SSSR count). The molecule has 1 saturated carbocycles. The van der Waals surface area contributed by atoms with Crippen molar-refractivity contribution in [1.82, 2.24) is 0 Å². The Morgan fingerprint density at radius 1 is 1.73 bits per heavy atom. The first-order chi connectivity index (χ1) is 5.29. The molecule has 0 aromatic carbocycles. The van der Waals surface area contributed by atoms with E-state index in [-0.39, 0.29) is 0 Å². The fourth-order valence-corrected chi connectivity index (χ4v) is 1.73. The molecule has 1 fully saturated rings. The topological polar surface area (TPSA) is 26.0 Å². The summed E-state index contributed by atoms with van der Waals surface area (Å²) in [4.78, 5) is 0. The van der Waals surface area contributed by atoms with Crippen LogP contribution in [-0.2, 0) is 0 Å². The molecule has 1 nitrogen and oxygen atoms in total. The SMILES string of the molecule is C#CCCC(N)C1CC1CC. The summed E-state index contributed by atoms with van der Waals surface area (Å²) in [6.07, 6.45) is 9.63. The summed E-state index contributed by atoms with van der Waals surface area (Å²) >= 11 is 0. The third-order valence-corrected chi connectivity index (χ3v) is 2.67. The summed E-state index contributed by atoms with van der Waals surface area (Å²) in [5.41, 5.74) is 5.94. The van der Waals surface area contributed by atoms with E-state index in [0.29, 0.717) is 6.04 Å². The van der Waals surface area contributed by atoms with Crippen LogP contribution in [0.25, 0.3) is 0 Å². The van der Waals surface area contributed by atoms with Gasteiger partial charge in [-0.2, -0.15) is 0 Å². The van der Waals surface area contributed by atoms with Crippen molar-refractivity contribution in [2.45, 2.75) is 38.6 Å². The normalized spacial score (nSPS) is 31.0. The number of nitrogens with two attached hydrogens (primary N) is 1. The van der Waals surface area contributed by atoms with Crippen molar-refractivity contribution >= 4 is 0 Å². The van der Waals surface area contributed by atoms with Crippen molar-refractivity contribution in [3.8, 4) is 12.3 Å². The maximum Gasteiger partial charge on any atom is 0.0101 e. The Morgan fingerprint density at radius 3 is 2.91 bits per heavy atom. The molecule has 0 spiro atoms. The molecule has 0 aliphatic heterocycles. The number of hydrogen-bond acceptors (Lipinski definition) is 1. The lowest BCUT2D eigenvalue weighted by molar-refractivity contribution is 0.517. The van der Waals surface area contributed by atoms with Gasteiger partial charge in [0.25, 0.3) is 0 Å². The molecule has 0 radical (unpaired) electrons. The number of terminal acetylenes is 1. The predicted molar refractivity (Wildman–Crippen MR) is 47.9 cm³/mol. The lowest BCUT2D eigenvalue weighted by Gasteiger charge is -2.07. The third kappa shape index (κ3) is 2.24. The van der Waals surface area contributed by atoms with Crippen LogP contribution in [0.1, 0.15) is 32.6 Å². The van der Waals surface area contributed by atoms with Crippen LogP contribution in [0.3, 0.4) is 0 Å². The summed E-state index contributed by atoms with van der Waals surface area (Å²) in [7, 11) is 0. The van der Waals surface area contributed by atoms with E-state index >= 15 is 0 Å². The molecule has 0 aromatic heterocycles. The van der Waals surface area contributed by atoms with E-state index in [4.69, 9.17) is 12.2 Å². The van der Waals surface area contributed by atoms with Gasteiger partial charge >= 0.3 is 0 Å². The van der Waals surface area contributed by atoms with E-state index in [2.05, 4.69) is 12.8 Å². The Bertz CT molecular complexity index is 157. The van der Waals surface area contributed by atoms with Gasteiger partial charge in [-0.1, -0.05) is 13.3 Å². The van der Waals surface area contributed by atoms with Gasteiger partial charge in [-0.15, -0.1) is 12.3 Å². The minimum absolute atomic E-state index is 0.371. The number of hydrogen-bond donors (Lipinski definition) is 1. The molecule has 0 amide bonds. The Morgan fingerprint density at radius 2 is 2.45 bits per heavy atom. The van der Waals surface area contributed by atoms with E-state index in [1.807, 2.05) is 0 Å². The average molecular weight is 151 g/mol. The average Bonchev–Trinajstić information content (AvgIpc) is 2.78. The molecular formula is C10H17N. The van der Waals surface area contributed by atoms with Gasteiger partial charge in [0.15, 0.2) is 0 Å². The van der Waals surface area contributed by atoms with Crippen molar-refractivity contribution in [3.05, 3.63) is 0 Å². The van der Waals surface area contributed by atoms with Crippen LogP contribution in [0, 0.1) is 24.2 Å². The molecule has 3 atom stereocenters. The zero-order valence-corrected chi connectivity index (χ0v) is 7.22. The summed E-state index contributed by atoms with van der Waals surface area (Å²) < 4.78 is 0. The second-order valence-electron chi connectivity index (χ2n) is 3.47. The van der Waals surface area contributed by atoms with Crippen molar-refractivity contribution in [1.29, 1.82) is 0 Å². The van der Waals surface area contributed by atoms with Crippen LogP contribution in [0.4, 0.5) is 0 Å². The smallest absolute Gasteiger partial charge is 0.0101 e. The molecule has 11 heavy (non-hydrogen) atoms. The first-order valence-electron chi connectivity index (χ1n) is 4.48. The van der Waals surface area contributed by atoms with E-state index in [0.717, 1.165) is 24.7 Å². The predicted octanol–water partition coefficient (Wildman–Crippen LogP) is 1.77. The number of rotatable bonds is 4. The molecule has 1 aliphatic rings. The largest absolute Gasteiger partial charge is 0.327 e. The van der Waals surface area contributed by atoms with Crippen LogP contribution in [-0.4, -0.2) is 6.04 Å². The summed E-state index contributed by atoms with van der Waals surface area (Å²) in [6, 6.07) is 0.371. The van der Waals surface area contributed by atoms with Gasteiger partial charge in [-0.25, -0.2) is 0 Å². The second-order valence-corrected chi connectivity index (χ2v) is 3.47.